The number of carbonyl (C=O) groups is 2. The summed E-state index contributed by atoms with van der Waals surface area (Å²) in [5.74, 6) is -1.29. The zero-order chi connectivity index (χ0) is 19.6. The van der Waals surface area contributed by atoms with Crippen LogP contribution in [0.2, 0.25) is 0 Å². The van der Waals surface area contributed by atoms with Gasteiger partial charge in [-0.3, -0.25) is 0 Å². The number of phenolic OH excluding ortho intramolecular Hbond substituents is 1. The summed E-state index contributed by atoms with van der Waals surface area (Å²) in [6.07, 6.45) is 0. The van der Waals surface area contributed by atoms with E-state index >= 15 is 0 Å². The van der Waals surface area contributed by atoms with Gasteiger partial charge in [0.25, 0.3) is 0 Å². The van der Waals surface area contributed by atoms with Gasteiger partial charge in [0.15, 0.2) is 0 Å². The number of hydrogen-bond acceptors (Lipinski definition) is 5. The van der Waals surface area contributed by atoms with Crippen molar-refractivity contribution < 1.29 is 24.2 Å². The van der Waals surface area contributed by atoms with Crippen LogP contribution in [-0.4, -0.2) is 22.6 Å². The van der Waals surface area contributed by atoms with Crippen LogP contribution in [-0.2, 0) is 4.74 Å². The monoisotopic (exact) mass is 692 g/mol. The minimum Gasteiger partial charge on any atom is -0.508 e. The summed E-state index contributed by atoms with van der Waals surface area (Å²) in [5.41, 5.74) is -0.123. The molecule has 2 aromatic carbocycles. The van der Waals surface area contributed by atoms with E-state index in [0.29, 0.717) is 5.56 Å². The van der Waals surface area contributed by atoms with Gasteiger partial charge in [0.05, 0.1) is 11.1 Å². The lowest BCUT2D eigenvalue weighted by atomic mass is 10.1. The van der Waals surface area contributed by atoms with Crippen molar-refractivity contribution >= 4 is 79.7 Å². The van der Waals surface area contributed by atoms with Crippen LogP contribution < -0.4 is 4.74 Å². The molecule has 0 saturated heterocycles. The predicted molar refractivity (Wildman–Crippen MR) is 123 cm³/mol. The molecule has 0 amide bonds. The van der Waals surface area contributed by atoms with E-state index in [1.807, 2.05) is 12.1 Å². The van der Waals surface area contributed by atoms with Crippen molar-refractivity contribution in [2.24, 2.45) is 0 Å². The third kappa shape index (κ3) is 5.68. The maximum atomic E-state index is 12.6. The Morgan fingerprint density at radius 2 is 1.58 bits per heavy atom. The quantitative estimate of drug-likeness (QED) is 0.203. The van der Waals surface area contributed by atoms with Crippen LogP contribution in [0.4, 0.5) is 0 Å². The fourth-order valence-electron chi connectivity index (χ4n) is 1.97. The molecule has 0 aliphatic heterocycles. The molecular formula is C18H15I3O5. The molecule has 8 heteroatoms. The second-order valence-electron chi connectivity index (χ2n) is 6.33. The molecule has 0 heterocycles. The van der Waals surface area contributed by atoms with Crippen molar-refractivity contribution in [2.75, 3.05) is 0 Å². The van der Waals surface area contributed by atoms with E-state index in [1.165, 1.54) is 18.2 Å². The van der Waals surface area contributed by atoms with Crippen molar-refractivity contribution in [1.82, 2.24) is 0 Å². The molecule has 2 aromatic rings. The Morgan fingerprint density at radius 3 is 2.19 bits per heavy atom. The van der Waals surface area contributed by atoms with Crippen LogP contribution in [0.5, 0.6) is 11.5 Å². The summed E-state index contributed by atoms with van der Waals surface area (Å²) in [6.45, 7) is 5.24. The second-order valence-corrected chi connectivity index (χ2v) is 9.73. The lowest BCUT2D eigenvalue weighted by Crippen LogP contribution is -2.24. The molecule has 0 aliphatic carbocycles. The summed E-state index contributed by atoms with van der Waals surface area (Å²) >= 11 is 6.30. The van der Waals surface area contributed by atoms with Crippen molar-refractivity contribution in [3.8, 4) is 11.5 Å². The van der Waals surface area contributed by atoms with Crippen LogP contribution in [0.15, 0.2) is 30.3 Å². The maximum absolute atomic E-state index is 12.6. The highest BCUT2D eigenvalue weighted by Gasteiger charge is 2.22. The number of phenols is 1. The minimum absolute atomic E-state index is 0.0707. The first-order valence-electron chi connectivity index (χ1n) is 7.41. The first-order valence-corrected chi connectivity index (χ1v) is 10.6. The van der Waals surface area contributed by atoms with Crippen molar-refractivity contribution in [3.63, 3.8) is 0 Å². The zero-order valence-corrected chi connectivity index (χ0v) is 20.6. The molecule has 0 saturated carbocycles. The van der Waals surface area contributed by atoms with Crippen LogP contribution in [0, 0.1) is 10.7 Å². The lowest BCUT2D eigenvalue weighted by molar-refractivity contribution is 0.00682. The van der Waals surface area contributed by atoms with Crippen molar-refractivity contribution in [3.05, 3.63) is 52.2 Å². The summed E-state index contributed by atoms with van der Waals surface area (Å²) in [5, 5.41) is 9.87. The van der Waals surface area contributed by atoms with Crippen LogP contribution in [0.25, 0.3) is 0 Å². The topological polar surface area (TPSA) is 72.8 Å². The molecule has 0 spiro atoms. The molecule has 0 aliphatic rings. The number of hydrogen-bond donors (Lipinski definition) is 1. The Balaban J connectivity index is 2.32. The van der Waals surface area contributed by atoms with Crippen molar-refractivity contribution in [2.45, 2.75) is 26.4 Å². The van der Waals surface area contributed by atoms with Gasteiger partial charge in [-0.05, 0) is 113 Å². The molecule has 2 rings (SSSR count). The standard InChI is InChI=1S/C18H15I3O5/c1-18(2,3)26-16(23)9-6-10(22)8-11(7-9)25-17(24)14-12(19)4-5-13(20)15(14)21/h4-8,22H,1-3H3. The zero-order valence-electron chi connectivity index (χ0n) is 14.1. The van der Waals surface area contributed by atoms with Gasteiger partial charge in [-0.15, -0.1) is 0 Å². The highest BCUT2D eigenvalue weighted by atomic mass is 127. The number of rotatable bonds is 3. The van der Waals surface area contributed by atoms with Gasteiger partial charge >= 0.3 is 11.9 Å². The number of benzene rings is 2. The molecule has 26 heavy (non-hydrogen) atoms. The minimum atomic E-state index is -0.674. The Bertz CT molecular complexity index is 872. The Hall–Kier alpha value is -0.630. The lowest BCUT2D eigenvalue weighted by Gasteiger charge is -2.19. The van der Waals surface area contributed by atoms with E-state index in [9.17, 15) is 14.7 Å². The van der Waals surface area contributed by atoms with E-state index in [0.717, 1.165) is 10.7 Å². The number of halogens is 3. The first kappa shape index (κ1) is 21.7. The number of esters is 2. The first-order chi connectivity index (χ1) is 12.0. The molecule has 0 radical (unpaired) electrons. The molecule has 0 aromatic heterocycles. The molecule has 0 bridgehead atoms. The fourth-order valence-corrected chi connectivity index (χ4v) is 4.30. The van der Waals surface area contributed by atoms with E-state index in [2.05, 4.69) is 67.8 Å². The van der Waals surface area contributed by atoms with Crippen LogP contribution in [0.3, 0.4) is 0 Å². The smallest absolute Gasteiger partial charge is 0.345 e. The average Bonchev–Trinajstić information content (AvgIpc) is 2.49. The van der Waals surface area contributed by atoms with E-state index in [4.69, 9.17) is 9.47 Å². The highest BCUT2D eigenvalue weighted by molar-refractivity contribution is 14.1. The maximum Gasteiger partial charge on any atom is 0.345 e. The Morgan fingerprint density at radius 1 is 0.962 bits per heavy atom. The number of carbonyl (C=O) groups excluding carboxylic acids is 2. The van der Waals surface area contributed by atoms with E-state index in [-0.39, 0.29) is 17.1 Å². The highest BCUT2D eigenvalue weighted by Crippen LogP contribution is 2.28. The number of ether oxygens (including phenoxy) is 2. The van der Waals surface area contributed by atoms with Gasteiger partial charge in [0, 0.05) is 16.8 Å². The van der Waals surface area contributed by atoms with Crippen LogP contribution >= 0.6 is 67.8 Å². The number of aromatic hydroxyl groups is 1. The SMILES string of the molecule is CC(C)(C)OC(=O)c1cc(O)cc(OC(=O)c2c(I)ccc(I)c2I)c1. The molecule has 0 atom stereocenters. The van der Waals surface area contributed by atoms with Gasteiger partial charge in [-0.25, -0.2) is 9.59 Å². The predicted octanol–water partition coefficient (Wildman–Crippen LogP) is 5.38. The molecule has 5 nitrogen and oxygen atoms in total. The molecule has 1 N–H and O–H groups in total. The van der Waals surface area contributed by atoms with Gasteiger partial charge in [0.2, 0.25) is 0 Å². The normalized spacial score (nSPS) is 11.2. The Labute approximate surface area is 192 Å². The second kappa shape index (κ2) is 8.59. The fraction of sp³-hybridized carbons (Fsp3) is 0.222. The third-order valence-electron chi connectivity index (χ3n) is 2.98. The Kier molecular flexibility index (Phi) is 7.16. The van der Waals surface area contributed by atoms with Crippen LogP contribution in [0.1, 0.15) is 41.5 Å². The van der Waals surface area contributed by atoms with E-state index < -0.39 is 17.5 Å². The summed E-state index contributed by atoms with van der Waals surface area (Å²) in [6, 6.07) is 7.66. The molecule has 138 valence electrons. The summed E-state index contributed by atoms with van der Waals surface area (Å²) in [7, 11) is 0. The van der Waals surface area contributed by atoms with Crippen molar-refractivity contribution in [1.29, 1.82) is 0 Å². The average molecular weight is 692 g/mol. The molecular weight excluding hydrogens is 677 g/mol. The third-order valence-corrected chi connectivity index (χ3v) is 6.93. The van der Waals surface area contributed by atoms with Gasteiger partial charge in [0.1, 0.15) is 17.1 Å². The van der Waals surface area contributed by atoms with E-state index in [1.54, 1.807) is 20.8 Å². The molecule has 0 fully saturated rings. The molecule has 0 unspecified atom stereocenters. The van der Waals surface area contributed by atoms with Gasteiger partial charge in [-0.1, -0.05) is 0 Å². The van der Waals surface area contributed by atoms with Gasteiger partial charge < -0.3 is 14.6 Å². The summed E-state index contributed by atoms with van der Waals surface area (Å²) in [4.78, 5) is 24.8. The van der Waals surface area contributed by atoms with Gasteiger partial charge in [-0.2, -0.15) is 0 Å². The largest absolute Gasteiger partial charge is 0.508 e. The summed E-state index contributed by atoms with van der Waals surface area (Å²) < 4.78 is 13.2.